The van der Waals surface area contributed by atoms with Gasteiger partial charge in [0.2, 0.25) is 0 Å². The topological polar surface area (TPSA) is 9.23 Å². The van der Waals surface area contributed by atoms with Gasteiger partial charge < -0.3 is 4.74 Å². The zero-order valence-corrected chi connectivity index (χ0v) is 5.81. The van der Waals surface area contributed by atoms with Crippen LogP contribution in [0, 0.1) is 0 Å². The Balaban J connectivity index is 2.02. The van der Waals surface area contributed by atoms with Crippen molar-refractivity contribution in [2.24, 2.45) is 0 Å². The number of rotatable bonds is 1. The second-order valence-electron chi connectivity index (χ2n) is 2.97. The molecule has 0 amide bonds. The van der Waals surface area contributed by atoms with Crippen molar-refractivity contribution in [3.05, 3.63) is 11.1 Å². The maximum absolute atomic E-state index is 5.25. The van der Waals surface area contributed by atoms with Crippen LogP contribution in [0.2, 0.25) is 0 Å². The van der Waals surface area contributed by atoms with E-state index < -0.39 is 0 Å². The van der Waals surface area contributed by atoms with Gasteiger partial charge in [-0.3, -0.25) is 0 Å². The van der Waals surface area contributed by atoms with Crippen LogP contribution < -0.4 is 0 Å². The summed E-state index contributed by atoms with van der Waals surface area (Å²) in [6.07, 6.45) is 5.71. The van der Waals surface area contributed by atoms with Crippen molar-refractivity contribution in [2.75, 3.05) is 7.11 Å². The Bertz CT molecular complexity index is 142. The third kappa shape index (κ3) is 0.715. The van der Waals surface area contributed by atoms with Gasteiger partial charge in [0, 0.05) is 7.11 Å². The van der Waals surface area contributed by atoms with Crippen molar-refractivity contribution in [1.29, 1.82) is 0 Å². The van der Waals surface area contributed by atoms with Crippen LogP contribution in [0.25, 0.3) is 0 Å². The van der Waals surface area contributed by atoms with Crippen LogP contribution in [0.15, 0.2) is 11.1 Å². The highest BCUT2D eigenvalue weighted by molar-refractivity contribution is 5.30. The normalized spacial score (nSPS) is 26.3. The van der Waals surface area contributed by atoms with Crippen molar-refractivity contribution in [3.63, 3.8) is 0 Å². The van der Waals surface area contributed by atoms with Crippen LogP contribution in [-0.4, -0.2) is 13.2 Å². The van der Waals surface area contributed by atoms with Gasteiger partial charge in [-0.2, -0.15) is 0 Å². The molecule has 2 rings (SSSR count). The Kier molecular flexibility index (Phi) is 1.12. The fraction of sp³-hybridized carbons (Fsp3) is 0.750. The largest absolute Gasteiger partial charge is 0.381 e. The van der Waals surface area contributed by atoms with Crippen LogP contribution in [0.4, 0.5) is 0 Å². The van der Waals surface area contributed by atoms with E-state index in [0.29, 0.717) is 6.10 Å². The van der Waals surface area contributed by atoms with E-state index in [0.717, 1.165) is 0 Å². The first-order chi connectivity index (χ1) is 4.40. The molecule has 0 saturated carbocycles. The van der Waals surface area contributed by atoms with Crippen LogP contribution in [0.5, 0.6) is 0 Å². The first kappa shape index (κ1) is 5.48. The lowest BCUT2D eigenvalue weighted by atomic mass is 9.92. The lowest BCUT2D eigenvalue weighted by Gasteiger charge is -2.14. The molecule has 0 aromatic heterocycles. The van der Waals surface area contributed by atoms with Crippen LogP contribution in [-0.2, 0) is 4.74 Å². The number of methoxy groups -OCH3 is 1. The van der Waals surface area contributed by atoms with Crippen molar-refractivity contribution in [2.45, 2.75) is 31.8 Å². The van der Waals surface area contributed by atoms with Gasteiger partial charge in [-0.05, 0) is 25.7 Å². The lowest BCUT2D eigenvalue weighted by Crippen LogP contribution is -2.03. The molecule has 2 aliphatic carbocycles. The summed E-state index contributed by atoms with van der Waals surface area (Å²) >= 11 is 0. The highest BCUT2D eigenvalue weighted by Crippen LogP contribution is 2.41. The summed E-state index contributed by atoms with van der Waals surface area (Å²) in [4.78, 5) is 0. The number of ether oxygens (including phenoxy) is 1. The Hall–Kier alpha value is -0.300. The molecule has 0 aliphatic heterocycles. The quantitative estimate of drug-likeness (QED) is 0.485. The minimum Gasteiger partial charge on any atom is -0.381 e. The lowest BCUT2D eigenvalue weighted by molar-refractivity contribution is 0.112. The SMILES string of the molecule is COC1CC2=C(CC2)C1. The molecule has 0 atom stereocenters. The molecule has 0 unspecified atom stereocenters. The molecule has 50 valence electrons. The molecule has 2 aliphatic rings. The second-order valence-corrected chi connectivity index (χ2v) is 2.97. The van der Waals surface area contributed by atoms with Gasteiger partial charge >= 0.3 is 0 Å². The van der Waals surface area contributed by atoms with E-state index >= 15 is 0 Å². The molecular weight excluding hydrogens is 112 g/mol. The summed E-state index contributed by atoms with van der Waals surface area (Å²) < 4.78 is 5.25. The third-order valence-electron chi connectivity index (χ3n) is 2.51. The average molecular weight is 124 g/mol. The molecule has 0 bridgehead atoms. The molecule has 1 nitrogen and oxygen atoms in total. The molecule has 0 aromatic rings. The predicted molar refractivity (Wildman–Crippen MR) is 36.3 cm³/mol. The first-order valence-corrected chi connectivity index (χ1v) is 3.62. The Morgan fingerprint density at radius 2 is 1.78 bits per heavy atom. The van der Waals surface area contributed by atoms with Crippen molar-refractivity contribution in [3.8, 4) is 0 Å². The summed E-state index contributed by atoms with van der Waals surface area (Å²) in [6.45, 7) is 0. The second kappa shape index (κ2) is 1.84. The molecule has 0 saturated heterocycles. The van der Waals surface area contributed by atoms with Crippen LogP contribution in [0.1, 0.15) is 25.7 Å². The van der Waals surface area contributed by atoms with E-state index in [1.165, 1.54) is 25.7 Å². The Morgan fingerprint density at radius 1 is 1.22 bits per heavy atom. The summed E-state index contributed by atoms with van der Waals surface area (Å²) in [5, 5.41) is 0. The van der Waals surface area contributed by atoms with E-state index in [4.69, 9.17) is 4.74 Å². The van der Waals surface area contributed by atoms with Gasteiger partial charge in [0.25, 0.3) is 0 Å². The molecule has 0 spiro atoms. The van der Waals surface area contributed by atoms with E-state index in [-0.39, 0.29) is 0 Å². The van der Waals surface area contributed by atoms with Gasteiger partial charge in [-0.25, -0.2) is 0 Å². The molecule has 0 heterocycles. The monoisotopic (exact) mass is 124 g/mol. The fourth-order valence-corrected chi connectivity index (χ4v) is 1.76. The zero-order chi connectivity index (χ0) is 6.27. The van der Waals surface area contributed by atoms with Gasteiger partial charge in [-0.15, -0.1) is 0 Å². The highest BCUT2D eigenvalue weighted by Gasteiger charge is 2.28. The van der Waals surface area contributed by atoms with Crippen molar-refractivity contribution >= 4 is 0 Å². The average Bonchev–Trinajstić information content (AvgIpc) is 2.10. The van der Waals surface area contributed by atoms with E-state index in [2.05, 4.69) is 0 Å². The predicted octanol–water partition coefficient (Wildman–Crippen LogP) is 1.89. The Morgan fingerprint density at radius 3 is 2.11 bits per heavy atom. The van der Waals surface area contributed by atoms with E-state index in [9.17, 15) is 0 Å². The first-order valence-electron chi connectivity index (χ1n) is 3.62. The molecule has 9 heavy (non-hydrogen) atoms. The maximum Gasteiger partial charge on any atom is 0.0645 e. The molecule has 0 N–H and O–H groups in total. The standard InChI is InChI=1S/C8H12O/c1-9-8-4-6-2-3-7(6)5-8/h8H,2-5H2,1H3. The molecule has 0 radical (unpaired) electrons. The molecule has 1 heteroatoms. The fourth-order valence-electron chi connectivity index (χ4n) is 1.76. The smallest absolute Gasteiger partial charge is 0.0645 e. The Labute approximate surface area is 55.7 Å². The van der Waals surface area contributed by atoms with Crippen molar-refractivity contribution < 1.29 is 4.74 Å². The molecular formula is C8H12O. The minimum absolute atomic E-state index is 0.539. The summed E-state index contributed by atoms with van der Waals surface area (Å²) in [5.41, 5.74) is 3.39. The maximum atomic E-state index is 5.25. The van der Waals surface area contributed by atoms with Gasteiger partial charge in [-0.1, -0.05) is 11.1 Å². The van der Waals surface area contributed by atoms with E-state index in [1.54, 1.807) is 11.1 Å². The zero-order valence-electron chi connectivity index (χ0n) is 5.81. The van der Waals surface area contributed by atoms with Gasteiger partial charge in [0.15, 0.2) is 0 Å². The highest BCUT2D eigenvalue weighted by atomic mass is 16.5. The number of hydrogen-bond acceptors (Lipinski definition) is 1. The summed E-state index contributed by atoms with van der Waals surface area (Å²) in [5.74, 6) is 0. The van der Waals surface area contributed by atoms with Crippen LogP contribution in [0.3, 0.4) is 0 Å². The number of hydrogen-bond donors (Lipinski definition) is 0. The molecule has 0 aromatic carbocycles. The van der Waals surface area contributed by atoms with Crippen molar-refractivity contribution in [1.82, 2.24) is 0 Å². The summed E-state index contributed by atoms with van der Waals surface area (Å²) in [7, 11) is 1.82. The summed E-state index contributed by atoms with van der Waals surface area (Å²) in [6, 6.07) is 0. The van der Waals surface area contributed by atoms with Crippen LogP contribution >= 0.6 is 0 Å². The van der Waals surface area contributed by atoms with E-state index in [1.807, 2.05) is 7.11 Å². The minimum atomic E-state index is 0.539. The van der Waals surface area contributed by atoms with Gasteiger partial charge in [0.05, 0.1) is 6.10 Å². The third-order valence-corrected chi connectivity index (χ3v) is 2.51. The van der Waals surface area contributed by atoms with Gasteiger partial charge in [0.1, 0.15) is 0 Å². The molecule has 0 fully saturated rings.